The van der Waals surface area contributed by atoms with Crippen molar-refractivity contribution in [2.45, 2.75) is 26.2 Å². The number of thiazole rings is 1. The maximum absolute atomic E-state index is 14.3. The number of anilines is 1. The van der Waals surface area contributed by atoms with E-state index in [9.17, 15) is 9.18 Å². The van der Waals surface area contributed by atoms with Gasteiger partial charge in [-0.3, -0.25) is 14.6 Å². The molecule has 6 nitrogen and oxygen atoms in total. The van der Waals surface area contributed by atoms with E-state index in [0.717, 1.165) is 37.1 Å². The van der Waals surface area contributed by atoms with Crippen LogP contribution < -0.4 is 9.64 Å². The fourth-order valence-corrected chi connectivity index (χ4v) is 4.79. The molecule has 1 fully saturated rings. The first kappa shape index (κ1) is 23.6. The van der Waals surface area contributed by atoms with Crippen molar-refractivity contribution in [2.75, 3.05) is 50.9 Å². The second-order valence-corrected chi connectivity index (χ2v) is 9.09. The summed E-state index contributed by atoms with van der Waals surface area (Å²) in [5.41, 5.74) is 0.833. The van der Waals surface area contributed by atoms with E-state index in [1.165, 1.54) is 17.4 Å². The largest absolute Gasteiger partial charge is 0.494 e. The molecule has 0 aliphatic carbocycles. The highest BCUT2D eigenvalue weighted by Crippen LogP contribution is 2.31. The van der Waals surface area contributed by atoms with Crippen molar-refractivity contribution in [1.82, 2.24) is 9.88 Å². The lowest BCUT2D eigenvalue weighted by Gasteiger charge is -2.29. The van der Waals surface area contributed by atoms with E-state index >= 15 is 0 Å². The summed E-state index contributed by atoms with van der Waals surface area (Å²) in [5, 5.41) is 0.502. The van der Waals surface area contributed by atoms with Crippen LogP contribution in [0.5, 0.6) is 5.75 Å². The number of carbonyl (C=O) groups excluding carboxylic acids is 1. The highest BCUT2D eigenvalue weighted by Gasteiger charge is 2.24. The SMILES string of the molecule is CCCCCOc1cccc(C(=O)N(CCN2CCOCC2)c2nc3c(F)cccc3s2)c1. The number of morpholine rings is 1. The zero-order valence-electron chi connectivity index (χ0n) is 19.0. The first-order valence-corrected chi connectivity index (χ1v) is 12.4. The normalized spacial score (nSPS) is 14.5. The molecule has 33 heavy (non-hydrogen) atoms. The van der Waals surface area contributed by atoms with Crippen LogP contribution in [-0.4, -0.2) is 61.8 Å². The Labute approximate surface area is 197 Å². The second-order valence-electron chi connectivity index (χ2n) is 8.08. The average Bonchev–Trinajstić information content (AvgIpc) is 3.28. The van der Waals surface area contributed by atoms with Crippen LogP contribution in [-0.2, 0) is 4.74 Å². The minimum atomic E-state index is -0.377. The lowest BCUT2D eigenvalue weighted by molar-refractivity contribution is 0.0391. The third kappa shape index (κ3) is 6.07. The maximum Gasteiger partial charge on any atom is 0.260 e. The van der Waals surface area contributed by atoms with Crippen molar-refractivity contribution in [3.05, 3.63) is 53.8 Å². The summed E-state index contributed by atoms with van der Waals surface area (Å²) in [6.45, 7) is 6.98. The number of aromatic nitrogens is 1. The molecule has 1 amide bonds. The number of carbonyl (C=O) groups is 1. The van der Waals surface area contributed by atoms with Crippen molar-refractivity contribution in [1.29, 1.82) is 0 Å². The van der Waals surface area contributed by atoms with Crippen LogP contribution in [0.4, 0.5) is 9.52 Å². The minimum absolute atomic E-state index is 0.165. The average molecular weight is 472 g/mol. The predicted molar refractivity (Wildman–Crippen MR) is 130 cm³/mol. The molecule has 1 aliphatic heterocycles. The van der Waals surface area contributed by atoms with Crippen molar-refractivity contribution < 1.29 is 18.7 Å². The van der Waals surface area contributed by atoms with E-state index in [-0.39, 0.29) is 11.7 Å². The Morgan fingerprint density at radius 2 is 2.03 bits per heavy atom. The first-order valence-electron chi connectivity index (χ1n) is 11.6. The van der Waals surface area contributed by atoms with Gasteiger partial charge in [-0.1, -0.05) is 43.2 Å². The molecular weight excluding hydrogens is 441 g/mol. The molecule has 1 saturated heterocycles. The Kier molecular flexibility index (Phi) is 8.25. The number of benzene rings is 2. The molecule has 0 spiro atoms. The molecule has 2 aromatic carbocycles. The Morgan fingerprint density at radius 1 is 1.21 bits per heavy atom. The van der Waals surface area contributed by atoms with Gasteiger partial charge in [-0.15, -0.1) is 0 Å². The van der Waals surface area contributed by atoms with Crippen molar-refractivity contribution in [2.24, 2.45) is 0 Å². The Bertz CT molecular complexity index is 1070. The Morgan fingerprint density at radius 3 is 2.82 bits per heavy atom. The van der Waals surface area contributed by atoms with Crippen molar-refractivity contribution in [3.8, 4) is 5.75 Å². The number of unbranched alkanes of at least 4 members (excludes halogenated alkanes) is 2. The van der Waals surface area contributed by atoms with Gasteiger partial charge in [-0.25, -0.2) is 9.37 Å². The molecule has 1 aliphatic rings. The van der Waals surface area contributed by atoms with Gasteiger partial charge in [-0.05, 0) is 36.8 Å². The summed E-state index contributed by atoms with van der Waals surface area (Å²) >= 11 is 1.33. The number of nitrogens with zero attached hydrogens (tertiary/aromatic N) is 3. The summed E-state index contributed by atoms with van der Waals surface area (Å²) in [6.07, 6.45) is 3.22. The Balaban J connectivity index is 1.56. The van der Waals surface area contributed by atoms with Crippen molar-refractivity contribution in [3.63, 3.8) is 0 Å². The lowest BCUT2D eigenvalue weighted by atomic mass is 10.2. The van der Waals surface area contributed by atoms with E-state index in [4.69, 9.17) is 9.47 Å². The highest BCUT2D eigenvalue weighted by atomic mass is 32.1. The standard InChI is InChI=1S/C25H30FN3O3S/c1-2-3-4-15-32-20-8-5-7-19(18-20)24(30)29(12-11-28-13-16-31-17-14-28)25-27-23-21(26)9-6-10-22(23)33-25/h5-10,18H,2-4,11-17H2,1H3. The number of para-hydroxylation sites is 1. The van der Waals surface area contributed by atoms with Crippen molar-refractivity contribution >= 4 is 32.6 Å². The van der Waals surface area contributed by atoms with Gasteiger partial charge >= 0.3 is 0 Å². The third-order valence-electron chi connectivity index (χ3n) is 5.68. The van der Waals surface area contributed by atoms with Crippen LogP contribution in [0.3, 0.4) is 0 Å². The fourth-order valence-electron chi connectivity index (χ4n) is 3.79. The topological polar surface area (TPSA) is 54.9 Å². The van der Waals surface area contributed by atoms with Gasteiger partial charge in [0.15, 0.2) is 5.13 Å². The minimum Gasteiger partial charge on any atom is -0.494 e. The van der Waals surface area contributed by atoms with Gasteiger partial charge < -0.3 is 9.47 Å². The molecule has 0 unspecified atom stereocenters. The summed E-state index contributed by atoms with van der Waals surface area (Å²) in [4.78, 5) is 22.0. The number of halogens is 1. The number of ether oxygens (including phenoxy) is 2. The quantitative estimate of drug-likeness (QED) is 0.390. The van der Waals surface area contributed by atoms with Crippen LogP contribution in [0.15, 0.2) is 42.5 Å². The summed E-state index contributed by atoms with van der Waals surface area (Å²) < 4.78 is 26.3. The van der Waals surface area contributed by atoms with Crippen LogP contribution in [0, 0.1) is 5.82 Å². The molecule has 0 N–H and O–H groups in total. The van der Waals surface area contributed by atoms with Gasteiger partial charge in [0.1, 0.15) is 17.1 Å². The number of amides is 1. The number of hydrogen-bond acceptors (Lipinski definition) is 6. The van der Waals surface area contributed by atoms with E-state index < -0.39 is 0 Å². The molecule has 4 rings (SSSR count). The van der Waals surface area contributed by atoms with E-state index in [2.05, 4.69) is 16.8 Å². The zero-order chi connectivity index (χ0) is 23.0. The number of hydrogen-bond donors (Lipinski definition) is 0. The van der Waals surface area contributed by atoms with E-state index in [0.29, 0.717) is 54.9 Å². The molecule has 3 aromatic rings. The smallest absolute Gasteiger partial charge is 0.260 e. The molecule has 0 atom stereocenters. The van der Waals surface area contributed by atoms with Crippen LogP contribution in [0.1, 0.15) is 36.5 Å². The predicted octanol–water partition coefficient (Wildman–Crippen LogP) is 4.98. The maximum atomic E-state index is 14.3. The van der Waals surface area contributed by atoms with Gasteiger partial charge in [0.05, 0.1) is 24.5 Å². The van der Waals surface area contributed by atoms with Crippen LogP contribution in [0.25, 0.3) is 10.2 Å². The second kappa shape index (κ2) is 11.5. The van der Waals surface area contributed by atoms with Gasteiger partial charge in [0, 0.05) is 31.7 Å². The molecule has 0 bridgehead atoms. The van der Waals surface area contributed by atoms with Crippen LogP contribution in [0.2, 0.25) is 0 Å². The summed E-state index contributed by atoms with van der Waals surface area (Å²) in [6, 6.07) is 12.2. The third-order valence-corrected chi connectivity index (χ3v) is 6.72. The molecule has 2 heterocycles. The summed E-state index contributed by atoms with van der Waals surface area (Å²) in [7, 11) is 0. The first-order chi connectivity index (χ1) is 16.2. The van der Waals surface area contributed by atoms with E-state index in [1.54, 1.807) is 23.1 Å². The molecule has 8 heteroatoms. The lowest BCUT2D eigenvalue weighted by Crippen LogP contribution is -2.43. The Hall–Kier alpha value is -2.55. The van der Waals surface area contributed by atoms with Gasteiger partial charge in [-0.2, -0.15) is 0 Å². The zero-order valence-corrected chi connectivity index (χ0v) is 19.8. The number of rotatable bonds is 10. The number of fused-ring (bicyclic) bond motifs is 1. The van der Waals surface area contributed by atoms with Crippen LogP contribution >= 0.6 is 11.3 Å². The molecule has 1 aromatic heterocycles. The molecule has 0 radical (unpaired) electrons. The molecule has 176 valence electrons. The van der Waals surface area contributed by atoms with E-state index in [1.807, 2.05) is 18.2 Å². The van der Waals surface area contributed by atoms with Gasteiger partial charge in [0.25, 0.3) is 5.91 Å². The highest BCUT2D eigenvalue weighted by molar-refractivity contribution is 7.22. The molecular formula is C25H30FN3O3S. The molecule has 0 saturated carbocycles. The summed E-state index contributed by atoms with van der Waals surface area (Å²) in [5.74, 6) is 0.139. The fraction of sp³-hybridized carbons (Fsp3) is 0.440. The monoisotopic (exact) mass is 471 g/mol. The van der Waals surface area contributed by atoms with Gasteiger partial charge in [0.2, 0.25) is 0 Å².